The molecule has 1 aliphatic rings. The van der Waals surface area contributed by atoms with Crippen LogP contribution in [0, 0.1) is 0 Å². The van der Waals surface area contributed by atoms with Crippen molar-refractivity contribution in [3.8, 4) is 0 Å². The molecule has 20 heavy (non-hydrogen) atoms. The van der Waals surface area contributed by atoms with Crippen LogP contribution < -0.4 is 5.32 Å². The first-order valence-electron chi connectivity index (χ1n) is 7.19. The summed E-state index contributed by atoms with van der Waals surface area (Å²) in [6.07, 6.45) is 2.22. The molecule has 1 aromatic heterocycles. The second-order valence-electron chi connectivity index (χ2n) is 5.61. The van der Waals surface area contributed by atoms with Crippen LogP contribution in [0.15, 0.2) is 30.5 Å². The Balaban J connectivity index is 1.79. The van der Waals surface area contributed by atoms with Crippen LogP contribution >= 0.6 is 0 Å². The van der Waals surface area contributed by atoms with E-state index in [0.29, 0.717) is 12.5 Å². The molecule has 0 saturated heterocycles. The highest BCUT2D eigenvalue weighted by Gasteiger charge is 2.21. The molecule has 0 aliphatic carbocycles. The highest BCUT2D eigenvalue weighted by Crippen LogP contribution is 2.34. The fourth-order valence-corrected chi connectivity index (χ4v) is 2.69. The van der Waals surface area contributed by atoms with Crippen molar-refractivity contribution < 1.29 is 4.39 Å². The minimum absolute atomic E-state index is 0.310. The lowest BCUT2D eigenvalue weighted by Crippen LogP contribution is -2.05. The summed E-state index contributed by atoms with van der Waals surface area (Å²) in [5.74, 6) is 0. The highest BCUT2D eigenvalue weighted by molar-refractivity contribution is 5.62. The Kier molecular flexibility index (Phi) is 3.47. The first-order chi connectivity index (χ1) is 9.65. The molecule has 0 spiro atoms. The van der Waals surface area contributed by atoms with Gasteiger partial charge in [0, 0.05) is 36.5 Å². The molecule has 0 fully saturated rings. The van der Waals surface area contributed by atoms with Gasteiger partial charge >= 0.3 is 0 Å². The van der Waals surface area contributed by atoms with Gasteiger partial charge in [-0.25, -0.2) is 4.39 Å². The molecule has 1 aromatic carbocycles. The lowest BCUT2D eigenvalue weighted by Gasteiger charge is -2.12. The van der Waals surface area contributed by atoms with Crippen LogP contribution in [0.1, 0.15) is 42.9 Å². The molecule has 1 unspecified atom stereocenters. The van der Waals surface area contributed by atoms with E-state index in [2.05, 4.69) is 30.3 Å². The average Bonchev–Trinajstić information content (AvgIpc) is 3.05. The number of anilines is 1. The lowest BCUT2D eigenvalue weighted by atomic mass is 10.0. The maximum atomic E-state index is 14.6. The normalized spacial score (nSPS) is 15.2. The number of nitrogens with one attached hydrogen (secondary N) is 1. The van der Waals surface area contributed by atoms with Gasteiger partial charge in [-0.3, -0.25) is 4.68 Å². The van der Waals surface area contributed by atoms with Crippen LogP contribution in [0.4, 0.5) is 10.1 Å². The summed E-state index contributed by atoms with van der Waals surface area (Å²) < 4.78 is 16.5. The summed E-state index contributed by atoms with van der Waals surface area (Å²) in [5, 5.41) is 7.72. The molecule has 1 atom stereocenters. The van der Waals surface area contributed by atoms with Crippen LogP contribution in [-0.2, 0) is 12.8 Å². The molecule has 2 heterocycles. The fraction of sp³-hybridized carbons (Fsp3) is 0.438. The molecular formula is C16H20FN3. The van der Waals surface area contributed by atoms with E-state index < -0.39 is 6.17 Å². The third kappa shape index (κ3) is 2.42. The van der Waals surface area contributed by atoms with Gasteiger partial charge < -0.3 is 5.32 Å². The minimum atomic E-state index is -1.01. The Morgan fingerprint density at radius 1 is 1.35 bits per heavy atom. The van der Waals surface area contributed by atoms with Crippen molar-refractivity contribution in [1.29, 1.82) is 0 Å². The fourth-order valence-electron chi connectivity index (χ4n) is 2.69. The number of nitrogens with zero attached hydrogens (tertiary/aromatic N) is 2. The molecule has 3 rings (SSSR count). The summed E-state index contributed by atoms with van der Waals surface area (Å²) >= 11 is 0. The Labute approximate surface area is 118 Å². The van der Waals surface area contributed by atoms with E-state index in [1.54, 1.807) is 0 Å². The van der Waals surface area contributed by atoms with E-state index in [1.807, 2.05) is 29.1 Å². The maximum Gasteiger partial charge on any atom is 0.133 e. The first-order valence-corrected chi connectivity index (χ1v) is 7.19. The van der Waals surface area contributed by atoms with Crippen LogP contribution in [0.25, 0.3) is 0 Å². The van der Waals surface area contributed by atoms with Crippen molar-refractivity contribution in [2.45, 2.75) is 38.9 Å². The number of halogens is 1. The van der Waals surface area contributed by atoms with Crippen molar-refractivity contribution in [3.63, 3.8) is 0 Å². The predicted molar refractivity (Wildman–Crippen MR) is 78.8 cm³/mol. The zero-order valence-electron chi connectivity index (χ0n) is 11.9. The van der Waals surface area contributed by atoms with Crippen molar-refractivity contribution in [2.75, 3.05) is 11.9 Å². The van der Waals surface area contributed by atoms with Crippen LogP contribution in [0.3, 0.4) is 0 Å². The minimum Gasteiger partial charge on any atom is -0.384 e. The van der Waals surface area contributed by atoms with Crippen LogP contribution in [-0.4, -0.2) is 16.3 Å². The van der Waals surface area contributed by atoms with Gasteiger partial charge in [0.05, 0.1) is 5.69 Å². The van der Waals surface area contributed by atoms with Crippen molar-refractivity contribution >= 4 is 5.69 Å². The SMILES string of the molecule is CC(C)n1ccc(CC(F)c2cccc3c2NCC3)n1. The van der Waals surface area contributed by atoms with E-state index in [9.17, 15) is 4.39 Å². The average molecular weight is 273 g/mol. The number of aromatic nitrogens is 2. The summed E-state index contributed by atoms with van der Waals surface area (Å²) in [6, 6.07) is 8.11. The molecule has 106 valence electrons. The second-order valence-corrected chi connectivity index (χ2v) is 5.61. The quantitative estimate of drug-likeness (QED) is 0.920. The summed E-state index contributed by atoms with van der Waals surface area (Å²) in [6.45, 7) is 5.04. The van der Waals surface area contributed by atoms with E-state index in [1.165, 1.54) is 5.56 Å². The van der Waals surface area contributed by atoms with Crippen molar-refractivity contribution in [2.24, 2.45) is 0 Å². The lowest BCUT2D eigenvalue weighted by molar-refractivity contribution is 0.339. The van der Waals surface area contributed by atoms with Crippen molar-refractivity contribution in [3.05, 3.63) is 47.3 Å². The number of hydrogen-bond donors (Lipinski definition) is 1. The maximum absolute atomic E-state index is 14.6. The second kappa shape index (κ2) is 5.27. The standard InChI is InChI=1S/C16H20FN3/c1-11(2)20-9-7-13(19-20)10-15(17)14-5-3-4-12-6-8-18-16(12)14/h3-5,7,9,11,15,18H,6,8,10H2,1-2H3. The van der Waals surface area contributed by atoms with Gasteiger partial charge in [-0.1, -0.05) is 18.2 Å². The Bertz CT molecular complexity index is 604. The molecule has 3 nitrogen and oxygen atoms in total. The van der Waals surface area contributed by atoms with E-state index in [0.717, 1.165) is 29.9 Å². The van der Waals surface area contributed by atoms with Crippen molar-refractivity contribution in [1.82, 2.24) is 9.78 Å². The molecule has 0 radical (unpaired) electrons. The predicted octanol–water partition coefficient (Wildman–Crippen LogP) is 3.69. The number of fused-ring (bicyclic) bond motifs is 1. The zero-order valence-corrected chi connectivity index (χ0v) is 11.9. The smallest absolute Gasteiger partial charge is 0.133 e. The van der Waals surface area contributed by atoms with Gasteiger partial charge in [0.25, 0.3) is 0 Å². The van der Waals surface area contributed by atoms with Gasteiger partial charge in [0.1, 0.15) is 6.17 Å². The number of para-hydroxylation sites is 1. The third-order valence-corrected chi connectivity index (χ3v) is 3.80. The van der Waals surface area contributed by atoms with Gasteiger partial charge in [-0.05, 0) is 31.9 Å². The number of alkyl halides is 1. The molecule has 4 heteroatoms. The highest BCUT2D eigenvalue weighted by atomic mass is 19.1. The summed E-state index contributed by atoms with van der Waals surface area (Å²) in [5.41, 5.74) is 3.78. The summed E-state index contributed by atoms with van der Waals surface area (Å²) in [4.78, 5) is 0. The largest absolute Gasteiger partial charge is 0.384 e. The van der Waals surface area contributed by atoms with Crippen LogP contribution in [0.5, 0.6) is 0 Å². The van der Waals surface area contributed by atoms with Gasteiger partial charge in [0.15, 0.2) is 0 Å². The Hall–Kier alpha value is -1.84. The monoisotopic (exact) mass is 273 g/mol. The van der Waals surface area contributed by atoms with E-state index >= 15 is 0 Å². The van der Waals surface area contributed by atoms with Gasteiger partial charge in [-0.2, -0.15) is 5.10 Å². The van der Waals surface area contributed by atoms with E-state index in [4.69, 9.17) is 0 Å². The summed E-state index contributed by atoms with van der Waals surface area (Å²) in [7, 11) is 0. The van der Waals surface area contributed by atoms with Crippen LogP contribution in [0.2, 0.25) is 0 Å². The Morgan fingerprint density at radius 2 is 2.20 bits per heavy atom. The first kappa shape index (κ1) is 13.2. The topological polar surface area (TPSA) is 29.9 Å². The Morgan fingerprint density at radius 3 is 2.95 bits per heavy atom. The number of benzene rings is 1. The number of hydrogen-bond acceptors (Lipinski definition) is 2. The van der Waals surface area contributed by atoms with E-state index in [-0.39, 0.29) is 0 Å². The number of rotatable bonds is 4. The molecule has 1 aliphatic heterocycles. The van der Waals surface area contributed by atoms with Gasteiger partial charge in [-0.15, -0.1) is 0 Å². The molecule has 1 N–H and O–H groups in total. The zero-order chi connectivity index (χ0) is 14.1. The molecule has 0 saturated carbocycles. The third-order valence-electron chi connectivity index (χ3n) is 3.80. The molecule has 0 bridgehead atoms. The molecular weight excluding hydrogens is 253 g/mol. The van der Waals surface area contributed by atoms with Gasteiger partial charge in [0.2, 0.25) is 0 Å². The molecule has 0 amide bonds. The molecule has 2 aromatic rings.